The Labute approximate surface area is 110 Å². The van der Waals surface area contributed by atoms with Gasteiger partial charge in [-0.1, -0.05) is 36.4 Å². The number of benzene rings is 2. The van der Waals surface area contributed by atoms with Gasteiger partial charge in [-0.3, -0.25) is 9.69 Å². The Kier molecular flexibility index (Phi) is 1.88. The summed E-state index contributed by atoms with van der Waals surface area (Å²) in [6, 6.07) is 17.5. The molecule has 3 nitrogen and oxygen atoms in total. The van der Waals surface area contributed by atoms with Crippen LogP contribution in [-0.2, 0) is 0 Å². The molecule has 0 radical (unpaired) electrons. The molecule has 0 saturated carbocycles. The Morgan fingerprint density at radius 1 is 1.00 bits per heavy atom. The fourth-order valence-corrected chi connectivity index (χ4v) is 3.21. The Hall–Kier alpha value is -2.60. The number of anilines is 1. The monoisotopic (exact) mass is 246 g/mol. The molecular weight excluding hydrogens is 236 g/mol. The maximum absolute atomic E-state index is 12.5. The van der Waals surface area contributed by atoms with Crippen molar-refractivity contribution >= 4 is 11.6 Å². The number of rotatable bonds is 0. The van der Waals surface area contributed by atoms with Crippen LogP contribution < -0.4 is 4.90 Å². The highest BCUT2D eigenvalue weighted by Crippen LogP contribution is 2.53. The van der Waals surface area contributed by atoms with Gasteiger partial charge in [0.05, 0.1) is 18.0 Å². The molecule has 0 N–H and O–H groups in total. The van der Waals surface area contributed by atoms with Crippen LogP contribution in [0.2, 0.25) is 0 Å². The standard InChI is InChI=1S/C16H10N2O/c17-9-13-10-5-3-4-8-14(10)18-15(13)11-6-1-2-7-12(11)16(18)19/h1-8,13,15H/t13-,15-/m0/s1. The van der Waals surface area contributed by atoms with Gasteiger partial charge in [0.2, 0.25) is 0 Å². The zero-order valence-corrected chi connectivity index (χ0v) is 10.1. The minimum absolute atomic E-state index is 0.00537. The zero-order valence-electron chi connectivity index (χ0n) is 10.1. The predicted molar refractivity (Wildman–Crippen MR) is 70.8 cm³/mol. The highest BCUT2D eigenvalue weighted by Gasteiger charge is 2.48. The van der Waals surface area contributed by atoms with E-state index >= 15 is 0 Å². The van der Waals surface area contributed by atoms with Crippen molar-refractivity contribution in [3.8, 4) is 6.07 Å². The van der Waals surface area contributed by atoms with Gasteiger partial charge in [0.15, 0.2) is 0 Å². The van der Waals surface area contributed by atoms with Crippen LogP contribution in [0.4, 0.5) is 5.69 Å². The third-order valence-electron chi connectivity index (χ3n) is 3.99. The van der Waals surface area contributed by atoms with Crippen molar-refractivity contribution in [2.75, 3.05) is 4.90 Å². The van der Waals surface area contributed by atoms with Gasteiger partial charge in [-0.25, -0.2) is 0 Å². The van der Waals surface area contributed by atoms with Crippen molar-refractivity contribution < 1.29 is 4.79 Å². The van der Waals surface area contributed by atoms with Crippen molar-refractivity contribution in [1.82, 2.24) is 0 Å². The van der Waals surface area contributed by atoms with E-state index in [9.17, 15) is 10.1 Å². The number of hydrogen-bond donors (Lipinski definition) is 0. The SMILES string of the molecule is N#C[C@H]1c2ccccc2N2C(=O)c3ccccc3[C@@H]12. The summed E-state index contributed by atoms with van der Waals surface area (Å²) in [4.78, 5) is 14.3. The number of hydrogen-bond acceptors (Lipinski definition) is 2. The molecule has 0 aromatic heterocycles. The molecule has 2 aliphatic rings. The average Bonchev–Trinajstić information content (AvgIpc) is 2.94. The van der Waals surface area contributed by atoms with Crippen molar-refractivity contribution in [3.05, 3.63) is 65.2 Å². The Morgan fingerprint density at radius 2 is 1.68 bits per heavy atom. The largest absolute Gasteiger partial charge is 0.299 e. The first kappa shape index (κ1) is 10.3. The van der Waals surface area contributed by atoms with E-state index < -0.39 is 0 Å². The van der Waals surface area contributed by atoms with Crippen LogP contribution >= 0.6 is 0 Å². The molecule has 1 amide bonds. The van der Waals surface area contributed by atoms with Crippen LogP contribution in [0, 0.1) is 11.3 Å². The van der Waals surface area contributed by atoms with E-state index in [4.69, 9.17) is 0 Å². The van der Waals surface area contributed by atoms with E-state index in [1.165, 1.54) is 0 Å². The molecule has 0 unspecified atom stereocenters. The molecule has 0 saturated heterocycles. The third kappa shape index (κ3) is 1.13. The molecule has 19 heavy (non-hydrogen) atoms. The molecule has 2 aromatic rings. The Morgan fingerprint density at radius 3 is 2.47 bits per heavy atom. The van der Waals surface area contributed by atoms with Gasteiger partial charge in [-0.05, 0) is 23.3 Å². The van der Waals surface area contributed by atoms with Crippen LogP contribution in [0.3, 0.4) is 0 Å². The van der Waals surface area contributed by atoms with Crippen LogP contribution in [0.1, 0.15) is 33.4 Å². The lowest BCUT2D eigenvalue weighted by molar-refractivity contribution is 0.0993. The Bertz CT molecular complexity index is 744. The lowest BCUT2D eigenvalue weighted by Crippen LogP contribution is -2.24. The van der Waals surface area contributed by atoms with E-state index in [1.54, 1.807) is 4.90 Å². The minimum atomic E-state index is -0.274. The van der Waals surface area contributed by atoms with Crippen LogP contribution in [0.15, 0.2) is 48.5 Å². The second kappa shape index (κ2) is 3.46. The van der Waals surface area contributed by atoms with Gasteiger partial charge in [0.25, 0.3) is 5.91 Å². The van der Waals surface area contributed by atoms with E-state index in [2.05, 4.69) is 6.07 Å². The Balaban J connectivity index is 2.00. The first-order valence-electron chi connectivity index (χ1n) is 6.24. The van der Waals surface area contributed by atoms with Crippen LogP contribution in [0.25, 0.3) is 0 Å². The number of nitriles is 1. The van der Waals surface area contributed by atoms with Gasteiger partial charge in [0, 0.05) is 11.3 Å². The quantitative estimate of drug-likeness (QED) is 0.717. The summed E-state index contributed by atoms with van der Waals surface area (Å²) in [6.45, 7) is 0. The highest BCUT2D eigenvalue weighted by atomic mass is 16.2. The van der Waals surface area contributed by atoms with Crippen molar-refractivity contribution in [1.29, 1.82) is 5.26 Å². The number of para-hydroxylation sites is 1. The van der Waals surface area contributed by atoms with E-state index in [-0.39, 0.29) is 17.9 Å². The molecule has 90 valence electrons. The van der Waals surface area contributed by atoms with E-state index in [1.807, 2.05) is 48.5 Å². The molecule has 2 atom stereocenters. The number of carbonyl (C=O) groups is 1. The molecular formula is C16H10N2O. The molecule has 0 bridgehead atoms. The fourth-order valence-electron chi connectivity index (χ4n) is 3.21. The first-order valence-corrected chi connectivity index (χ1v) is 6.24. The summed E-state index contributed by atoms with van der Waals surface area (Å²) in [5, 5.41) is 9.48. The lowest BCUT2D eigenvalue weighted by Gasteiger charge is -2.18. The summed E-state index contributed by atoms with van der Waals surface area (Å²) < 4.78 is 0. The number of nitrogens with zero attached hydrogens (tertiary/aromatic N) is 2. The fraction of sp³-hybridized carbons (Fsp3) is 0.125. The molecule has 0 spiro atoms. The molecule has 3 heteroatoms. The van der Waals surface area contributed by atoms with Crippen molar-refractivity contribution in [3.63, 3.8) is 0 Å². The molecule has 2 aliphatic heterocycles. The predicted octanol–water partition coefficient (Wildman–Crippen LogP) is 3.01. The summed E-state index contributed by atoms with van der Waals surface area (Å²) in [7, 11) is 0. The lowest BCUT2D eigenvalue weighted by atomic mass is 9.91. The zero-order chi connectivity index (χ0) is 13.0. The molecule has 2 heterocycles. The maximum atomic E-state index is 12.5. The maximum Gasteiger partial charge on any atom is 0.259 e. The van der Waals surface area contributed by atoms with Crippen molar-refractivity contribution in [2.24, 2.45) is 0 Å². The van der Waals surface area contributed by atoms with Crippen LogP contribution in [0.5, 0.6) is 0 Å². The number of amides is 1. The van der Waals surface area contributed by atoms with Gasteiger partial charge >= 0.3 is 0 Å². The normalized spacial score (nSPS) is 22.7. The third-order valence-corrected chi connectivity index (χ3v) is 3.99. The van der Waals surface area contributed by atoms with Crippen LogP contribution in [-0.4, -0.2) is 5.91 Å². The summed E-state index contributed by atoms with van der Waals surface area (Å²) >= 11 is 0. The summed E-state index contributed by atoms with van der Waals surface area (Å²) in [5.41, 5.74) is 3.52. The van der Waals surface area contributed by atoms with Crippen molar-refractivity contribution in [2.45, 2.75) is 12.0 Å². The average molecular weight is 246 g/mol. The molecule has 0 aliphatic carbocycles. The molecule has 0 fully saturated rings. The van der Waals surface area contributed by atoms with Gasteiger partial charge < -0.3 is 0 Å². The molecule has 2 aromatic carbocycles. The second-order valence-corrected chi connectivity index (χ2v) is 4.87. The van der Waals surface area contributed by atoms with Gasteiger partial charge in [-0.15, -0.1) is 0 Å². The molecule has 4 rings (SSSR count). The van der Waals surface area contributed by atoms with E-state index in [0.29, 0.717) is 0 Å². The summed E-state index contributed by atoms with van der Waals surface area (Å²) in [5.74, 6) is -0.269. The van der Waals surface area contributed by atoms with Gasteiger partial charge in [0.1, 0.15) is 0 Å². The first-order chi connectivity index (χ1) is 9.33. The van der Waals surface area contributed by atoms with Gasteiger partial charge in [-0.2, -0.15) is 5.26 Å². The number of fused-ring (bicyclic) bond motifs is 5. The highest BCUT2D eigenvalue weighted by molar-refractivity contribution is 6.13. The smallest absolute Gasteiger partial charge is 0.259 e. The topological polar surface area (TPSA) is 44.1 Å². The van der Waals surface area contributed by atoms with E-state index in [0.717, 1.165) is 22.4 Å². The summed E-state index contributed by atoms with van der Waals surface area (Å²) in [6.07, 6.45) is 0. The second-order valence-electron chi connectivity index (χ2n) is 4.87. The minimum Gasteiger partial charge on any atom is -0.299 e. The number of carbonyl (C=O) groups excluding carboxylic acids is 1.